The molecule has 2 aromatic carbocycles. The minimum Gasteiger partial charge on any atom is -0.313 e. The fourth-order valence-electron chi connectivity index (χ4n) is 2.38. The first-order valence-electron chi connectivity index (χ1n) is 6.56. The summed E-state index contributed by atoms with van der Waals surface area (Å²) in [5.74, 6) is -0.417. The van der Waals surface area contributed by atoms with Gasteiger partial charge in [-0.25, -0.2) is 12.8 Å². The topological polar surface area (TPSA) is 61.2 Å². The van der Waals surface area contributed by atoms with Gasteiger partial charge in [0, 0.05) is 10.7 Å². The van der Waals surface area contributed by atoms with Crippen LogP contribution in [0.2, 0.25) is 0 Å². The third-order valence-electron chi connectivity index (χ3n) is 3.48. The van der Waals surface area contributed by atoms with E-state index in [9.17, 15) is 18.1 Å². The van der Waals surface area contributed by atoms with Gasteiger partial charge in [0.1, 0.15) is 11.9 Å². The minimum absolute atomic E-state index is 0.0541. The molecule has 3 rings (SSSR count). The Morgan fingerprint density at radius 1 is 1.17 bits per heavy atom. The van der Waals surface area contributed by atoms with Crippen molar-refractivity contribution in [1.29, 1.82) is 5.26 Å². The highest BCUT2D eigenvalue weighted by molar-refractivity contribution is 9.10. The molecular weight excluding hydrogens is 383 g/mol. The predicted molar refractivity (Wildman–Crippen MR) is 88.3 cm³/mol. The van der Waals surface area contributed by atoms with Crippen LogP contribution in [0.1, 0.15) is 5.56 Å². The summed E-state index contributed by atoms with van der Waals surface area (Å²) < 4.78 is 38.7. The van der Waals surface area contributed by atoms with E-state index in [1.807, 2.05) is 6.92 Å². The van der Waals surface area contributed by atoms with E-state index >= 15 is 0 Å². The van der Waals surface area contributed by atoms with Gasteiger partial charge >= 0.3 is 0 Å². The molecule has 0 radical (unpaired) electrons. The second-order valence-corrected chi connectivity index (χ2v) is 7.79. The number of allylic oxidation sites excluding steroid dienone is 1. The molecule has 0 saturated heterocycles. The maximum absolute atomic E-state index is 13.3. The van der Waals surface area contributed by atoms with Crippen molar-refractivity contribution >= 4 is 37.1 Å². The zero-order valence-electron chi connectivity index (χ0n) is 11.9. The molecule has 0 atom stereocenters. The summed E-state index contributed by atoms with van der Waals surface area (Å²) in [5.41, 5.74) is 1.84. The molecule has 1 aliphatic heterocycles. The number of sulfone groups is 1. The van der Waals surface area contributed by atoms with E-state index in [0.29, 0.717) is 15.8 Å². The SMILES string of the molecule is Cc1ccc2c(c1)N(c1ccc(F)cc1Br)C=C(C#N)S2(=O)=O. The van der Waals surface area contributed by atoms with E-state index in [4.69, 9.17) is 0 Å². The average molecular weight is 393 g/mol. The van der Waals surface area contributed by atoms with Crippen LogP contribution in [0, 0.1) is 24.1 Å². The van der Waals surface area contributed by atoms with Gasteiger partial charge in [-0.05, 0) is 58.7 Å². The molecule has 0 amide bonds. The Bertz CT molecular complexity index is 994. The third kappa shape index (κ3) is 2.54. The third-order valence-corrected chi connectivity index (χ3v) is 5.81. The first-order chi connectivity index (χ1) is 10.8. The first kappa shape index (κ1) is 15.7. The fourth-order valence-corrected chi connectivity index (χ4v) is 4.21. The van der Waals surface area contributed by atoms with Crippen molar-refractivity contribution in [2.24, 2.45) is 0 Å². The van der Waals surface area contributed by atoms with Gasteiger partial charge in [0.2, 0.25) is 9.84 Å². The molecule has 116 valence electrons. The van der Waals surface area contributed by atoms with Crippen LogP contribution in [0.15, 0.2) is 56.9 Å². The molecule has 23 heavy (non-hydrogen) atoms. The quantitative estimate of drug-likeness (QED) is 0.729. The zero-order chi connectivity index (χ0) is 16.8. The van der Waals surface area contributed by atoms with Gasteiger partial charge in [0.15, 0.2) is 4.91 Å². The molecule has 2 aromatic rings. The van der Waals surface area contributed by atoms with Crippen molar-refractivity contribution in [1.82, 2.24) is 0 Å². The molecule has 0 bridgehead atoms. The Morgan fingerprint density at radius 3 is 2.57 bits per heavy atom. The lowest BCUT2D eigenvalue weighted by molar-refractivity contribution is 0.602. The fraction of sp³-hybridized carbons (Fsp3) is 0.0625. The van der Waals surface area contributed by atoms with Gasteiger partial charge in [-0.1, -0.05) is 6.07 Å². The highest BCUT2D eigenvalue weighted by atomic mass is 79.9. The molecule has 1 heterocycles. The lowest BCUT2D eigenvalue weighted by Gasteiger charge is -2.28. The molecular formula is C16H10BrFN2O2S. The van der Waals surface area contributed by atoms with Gasteiger partial charge in [-0.15, -0.1) is 0 Å². The highest BCUT2D eigenvalue weighted by Crippen LogP contribution is 2.42. The average Bonchev–Trinajstić information content (AvgIpc) is 2.48. The normalized spacial score (nSPS) is 15.6. The Hall–Kier alpha value is -2.17. The summed E-state index contributed by atoms with van der Waals surface area (Å²) in [6.45, 7) is 1.84. The van der Waals surface area contributed by atoms with Crippen LogP contribution >= 0.6 is 15.9 Å². The number of rotatable bonds is 1. The second-order valence-electron chi connectivity index (χ2n) is 5.05. The van der Waals surface area contributed by atoms with Crippen LogP contribution in [0.5, 0.6) is 0 Å². The van der Waals surface area contributed by atoms with Crippen molar-refractivity contribution in [2.75, 3.05) is 4.90 Å². The molecule has 0 N–H and O–H groups in total. The van der Waals surface area contributed by atoms with Crippen LogP contribution in [0.4, 0.5) is 15.8 Å². The summed E-state index contributed by atoms with van der Waals surface area (Å²) in [6.07, 6.45) is 1.26. The predicted octanol–water partition coefficient (Wildman–Crippen LogP) is 4.19. The standard InChI is InChI=1S/C16H10BrFN2O2S/c1-10-2-5-16-15(6-10)20(9-12(8-19)23(16,21)22)14-4-3-11(18)7-13(14)17/h2-7,9H,1H3. The first-order valence-corrected chi connectivity index (χ1v) is 8.84. The lowest BCUT2D eigenvalue weighted by atomic mass is 10.2. The number of benzene rings is 2. The van der Waals surface area contributed by atoms with Gasteiger partial charge in [0.25, 0.3) is 0 Å². The van der Waals surface area contributed by atoms with Crippen molar-refractivity contribution < 1.29 is 12.8 Å². The molecule has 0 saturated carbocycles. The van der Waals surface area contributed by atoms with Gasteiger partial charge in [-0.2, -0.15) is 5.26 Å². The molecule has 0 fully saturated rings. The van der Waals surface area contributed by atoms with Crippen LogP contribution in [0.25, 0.3) is 0 Å². The molecule has 0 spiro atoms. The van der Waals surface area contributed by atoms with E-state index in [2.05, 4.69) is 15.9 Å². The minimum atomic E-state index is -3.84. The summed E-state index contributed by atoms with van der Waals surface area (Å²) in [7, 11) is -3.84. The Kier molecular flexibility index (Phi) is 3.74. The van der Waals surface area contributed by atoms with Gasteiger partial charge < -0.3 is 4.90 Å². The van der Waals surface area contributed by atoms with Crippen molar-refractivity contribution in [3.63, 3.8) is 0 Å². The number of halogens is 2. The van der Waals surface area contributed by atoms with Crippen LogP contribution < -0.4 is 4.90 Å². The van der Waals surface area contributed by atoms with Crippen molar-refractivity contribution in [3.05, 3.63) is 63.4 Å². The van der Waals surface area contributed by atoms with E-state index in [1.165, 1.54) is 30.5 Å². The Morgan fingerprint density at radius 2 is 1.91 bits per heavy atom. The molecule has 0 aliphatic carbocycles. The Labute approximate surface area is 141 Å². The maximum atomic E-state index is 13.3. The number of hydrogen-bond acceptors (Lipinski definition) is 4. The molecule has 4 nitrogen and oxygen atoms in total. The number of nitriles is 1. The monoisotopic (exact) mass is 392 g/mol. The summed E-state index contributed by atoms with van der Waals surface area (Å²) in [6, 6.07) is 10.7. The summed E-state index contributed by atoms with van der Waals surface area (Å²) in [4.78, 5) is 1.27. The van der Waals surface area contributed by atoms with Crippen LogP contribution in [0.3, 0.4) is 0 Å². The van der Waals surface area contributed by atoms with E-state index < -0.39 is 15.7 Å². The number of fused-ring (bicyclic) bond motifs is 1. The smallest absolute Gasteiger partial charge is 0.220 e. The molecule has 7 heteroatoms. The number of nitrogens with zero attached hydrogens (tertiary/aromatic N) is 2. The second kappa shape index (κ2) is 5.48. The Balaban J connectivity index is 2.33. The largest absolute Gasteiger partial charge is 0.313 e. The molecule has 0 unspecified atom stereocenters. The van der Waals surface area contributed by atoms with Gasteiger partial charge in [0.05, 0.1) is 16.3 Å². The number of anilines is 2. The molecule has 1 aliphatic rings. The number of hydrogen-bond donors (Lipinski definition) is 0. The highest BCUT2D eigenvalue weighted by Gasteiger charge is 2.32. The van der Waals surface area contributed by atoms with E-state index in [0.717, 1.165) is 5.56 Å². The van der Waals surface area contributed by atoms with E-state index in [1.54, 1.807) is 23.1 Å². The maximum Gasteiger partial charge on any atom is 0.220 e. The lowest BCUT2D eigenvalue weighted by Crippen LogP contribution is -2.21. The van der Waals surface area contributed by atoms with E-state index in [-0.39, 0.29) is 9.80 Å². The van der Waals surface area contributed by atoms with Crippen LogP contribution in [-0.2, 0) is 9.84 Å². The van der Waals surface area contributed by atoms with Crippen molar-refractivity contribution in [2.45, 2.75) is 11.8 Å². The summed E-state index contributed by atoms with van der Waals surface area (Å²) in [5, 5.41) is 9.19. The van der Waals surface area contributed by atoms with Crippen LogP contribution in [-0.4, -0.2) is 8.42 Å². The van der Waals surface area contributed by atoms with Gasteiger partial charge in [-0.3, -0.25) is 0 Å². The summed E-state index contributed by atoms with van der Waals surface area (Å²) >= 11 is 3.28. The molecule has 0 aromatic heterocycles. The zero-order valence-corrected chi connectivity index (χ0v) is 14.3. The number of aryl methyl sites for hydroxylation is 1. The van der Waals surface area contributed by atoms with Crippen molar-refractivity contribution in [3.8, 4) is 6.07 Å².